The molecule has 0 aliphatic heterocycles. The number of benzene rings is 1. The summed E-state index contributed by atoms with van der Waals surface area (Å²) < 4.78 is 0.714. The van der Waals surface area contributed by atoms with Crippen LogP contribution in [0.1, 0.15) is 11.7 Å². The Morgan fingerprint density at radius 3 is 2.70 bits per heavy atom. The maximum Gasteiger partial charge on any atom is 0.303 e. The molecular weight excluding hydrogens is 286 g/mol. The molecule has 0 unspecified atom stereocenters. The molecule has 0 fully saturated rings. The first-order valence-electron chi connectivity index (χ1n) is 5.42. The van der Waals surface area contributed by atoms with Gasteiger partial charge in [-0.15, -0.1) is 10.2 Å². The van der Waals surface area contributed by atoms with Crippen molar-refractivity contribution in [2.45, 2.75) is 6.92 Å². The molecule has 0 aliphatic carbocycles. The summed E-state index contributed by atoms with van der Waals surface area (Å²) in [4.78, 5) is 22.9. The van der Waals surface area contributed by atoms with Crippen molar-refractivity contribution in [1.29, 1.82) is 0 Å². The number of rotatable bonds is 2. The maximum atomic E-state index is 11.8. The molecule has 2 rings (SSSR count). The number of hydrogen-bond acceptors (Lipinski definition) is 6. The van der Waals surface area contributed by atoms with E-state index in [0.717, 1.165) is 0 Å². The number of hydrogen-bond donors (Lipinski definition) is 3. The van der Waals surface area contributed by atoms with Crippen LogP contribution in [0.4, 0.5) is 17.2 Å². The fraction of sp³-hybridized carbons (Fsp3) is 0.0909. The van der Waals surface area contributed by atoms with Gasteiger partial charge < -0.3 is 10.8 Å². The molecule has 0 amide bonds. The third-order valence-electron chi connectivity index (χ3n) is 2.40. The van der Waals surface area contributed by atoms with Crippen molar-refractivity contribution in [3.8, 4) is 5.75 Å². The number of nitrogens with one attached hydrogen (secondary N) is 1. The molecule has 9 heteroatoms. The van der Waals surface area contributed by atoms with E-state index in [-0.39, 0.29) is 22.9 Å². The monoisotopic (exact) mass is 295 g/mol. The molecule has 1 aromatic heterocycles. The lowest BCUT2D eigenvalue weighted by atomic mass is 10.3. The van der Waals surface area contributed by atoms with Crippen LogP contribution in [-0.4, -0.2) is 20.8 Å². The highest BCUT2D eigenvalue weighted by Gasteiger charge is 2.14. The second-order valence-electron chi connectivity index (χ2n) is 3.87. The number of carbonyl (C=O) groups excluding carboxylic acids is 1. The average molecular weight is 296 g/mol. The standard InChI is InChI=1S/C11H10ClN5O3/c1-5(18)17-11(20)9(10(13)16-17)15-14-7-3-2-6(12)4-8(7)19/h2-4,16,19H,13H2,1H3. The second-order valence-corrected chi connectivity index (χ2v) is 4.30. The van der Waals surface area contributed by atoms with Crippen LogP contribution in [0.15, 0.2) is 33.2 Å². The Morgan fingerprint density at radius 1 is 1.45 bits per heavy atom. The van der Waals surface area contributed by atoms with Gasteiger partial charge in [-0.05, 0) is 12.1 Å². The first-order chi connectivity index (χ1) is 9.40. The topological polar surface area (TPSA) is 126 Å². The molecule has 8 nitrogen and oxygen atoms in total. The molecule has 104 valence electrons. The number of phenolic OH excluding ortho intramolecular Hbond substituents is 1. The van der Waals surface area contributed by atoms with Gasteiger partial charge in [0.05, 0.1) is 0 Å². The van der Waals surface area contributed by atoms with Crippen LogP contribution in [0, 0.1) is 0 Å². The van der Waals surface area contributed by atoms with Crippen LogP contribution in [0.5, 0.6) is 5.75 Å². The Bertz CT molecular complexity index is 762. The highest BCUT2D eigenvalue weighted by Crippen LogP contribution is 2.30. The highest BCUT2D eigenvalue weighted by atomic mass is 35.5. The second kappa shape index (κ2) is 5.17. The van der Waals surface area contributed by atoms with E-state index in [0.29, 0.717) is 9.70 Å². The minimum absolute atomic E-state index is 0.0950. The summed E-state index contributed by atoms with van der Waals surface area (Å²) in [7, 11) is 0. The number of carbonyl (C=O) groups is 1. The van der Waals surface area contributed by atoms with Crippen molar-refractivity contribution in [1.82, 2.24) is 9.78 Å². The number of nitrogen functional groups attached to an aromatic ring is 1. The smallest absolute Gasteiger partial charge is 0.303 e. The van der Waals surface area contributed by atoms with Crippen molar-refractivity contribution < 1.29 is 9.90 Å². The number of aromatic nitrogens is 2. The molecule has 4 N–H and O–H groups in total. The summed E-state index contributed by atoms with van der Waals surface area (Å²) in [6.45, 7) is 1.20. The van der Waals surface area contributed by atoms with Crippen molar-refractivity contribution in [2.24, 2.45) is 10.2 Å². The Morgan fingerprint density at radius 2 is 2.15 bits per heavy atom. The number of azo groups is 1. The van der Waals surface area contributed by atoms with E-state index in [4.69, 9.17) is 17.3 Å². The largest absolute Gasteiger partial charge is 0.506 e. The van der Waals surface area contributed by atoms with Gasteiger partial charge in [0.25, 0.3) is 0 Å². The first kappa shape index (κ1) is 13.8. The van der Waals surface area contributed by atoms with Crippen LogP contribution < -0.4 is 11.3 Å². The SMILES string of the molecule is CC(=O)n1[nH]c(N)c(N=Nc2ccc(Cl)cc2O)c1=O. The van der Waals surface area contributed by atoms with Gasteiger partial charge in [0.1, 0.15) is 17.3 Å². The molecule has 2 aromatic rings. The van der Waals surface area contributed by atoms with Gasteiger partial charge in [0.2, 0.25) is 5.91 Å². The number of aromatic amines is 1. The number of nitrogens with zero attached hydrogens (tertiary/aromatic N) is 3. The van der Waals surface area contributed by atoms with Gasteiger partial charge in [0.15, 0.2) is 5.69 Å². The van der Waals surface area contributed by atoms with Crippen LogP contribution >= 0.6 is 11.6 Å². The number of anilines is 1. The van der Waals surface area contributed by atoms with Crippen molar-refractivity contribution >= 4 is 34.7 Å². The first-order valence-corrected chi connectivity index (χ1v) is 5.79. The zero-order valence-electron chi connectivity index (χ0n) is 10.3. The predicted octanol–water partition coefficient (Wildman–Crippen LogP) is 2.19. The van der Waals surface area contributed by atoms with E-state index in [1.54, 1.807) is 0 Å². The summed E-state index contributed by atoms with van der Waals surface area (Å²) in [5.74, 6) is -0.817. The summed E-state index contributed by atoms with van der Waals surface area (Å²) in [5, 5.41) is 19.6. The molecule has 0 saturated heterocycles. The molecule has 0 aliphatic rings. The normalized spacial score (nSPS) is 11.1. The fourth-order valence-electron chi connectivity index (χ4n) is 1.45. The number of phenols is 1. The van der Waals surface area contributed by atoms with Crippen LogP contribution in [-0.2, 0) is 0 Å². The maximum absolute atomic E-state index is 11.8. The molecule has 1 heterocycles. The van der Waals surface area contributed by atoms with Gasteiger partial charge in [-0.3, -0.25) is 14.7 Å². The summed E-state index contributed by atoms with van der Waals surface area (Å²) in [6.07, 6.45) is 0. The Kier molecular flexibility index (Phi) is 3.57. The van der Waals surface area contributed by atoms with E-state index >= 15 is 0 Å². The van der Waals surface area contributed by atoms with Crippen molar-refractivity contribution in [3.63, 3.8) is 0 Å². The van der Waals surface area contributed by atoms with Crippen molar-refractivity contribution in [3.05, 3.63) is 33.6 Å². The van der Waals surface area contributed by atoms with Crippen LogP contribution in [0.25, 0.3) is 0 Å². The van der Waals surface area contributed by atoms with Gasteiger partial charge >= 0.3 is 5.56 Å². The molecule has 0 radical (unpaired) electrons. The molecule has 1 aromatic carbocycles. The number of aromatic hydroxyl groups is 1. The van der Waals surface area contributed by atoms with E-state index in [1.165, 1.54) is 25.1 Å². The lowest BCUT2D eigenvalue weighted by Crippen LogP contribution is -2.21. The van der Waals surface area contributed by atoms with Crippen LogP contribution in [0.2, 0.25) is 5.02 Å². The number of H-pyrrole nitrogens is 1. The fourth-order valence-corrected chi connectivity index (χ4v) is 1.62. The Labute approximate surface area is 117 Å². The van der Waals surface area contributed by atoms with Gasteiger partial charge in [-0.2, -0.15) is 4.68 Å². The van der Waals surface area contributed by atoms with E-state index in [9.17, 15) is 14.7 Å². The number of halogens is 1. The zero-order valence-corrected chi connectivity index (χ0v) is 11.0. The molecule has 20 heavy (non-hydrogen) atoms. The lowest BCUT2D eigenvalue weighted by molar-refractivity contribution is 0.0917. The molecule has 0 spiro atoms. The molecule has 0 bridgehead atoms. The summed E-state index contributed by atoms with van der Waals surface area (Å²) in [5.41, 5.74) is 4.73. The third kappa shape index (κ3) is 2.54. The molecule has 0 atom stereocenters. The summed E-state index contributed by atoms with van der Waals surface area (Å²) >= 11 is 5.67. The van der Waals surface area contributed by atoms with E-state index in [2.05, 4.69) is 15.3 Å². The summed E-state index contributed by atoms with van der Waals surface area (Å²) in [6, 6.07) is 4.21. The van der Waals surface area contributed by atoms with E-state index < -0.39 is 11.5 Å². The van der Waals surface area contributed by atoms with Crippen LogP contribution in [0.3, 0.4) is 0 Å². The predicted molar refractivity (Wildman–Crippen MR) is 73.1 cm³/mol. The Balaban J connectivity index is 2.42. The van der Waals surface area contributed by atoms with Gasteiger partial charge in [0, 0.05) is 18.0 Å². The minimum atomic E-state index is -0.716. The number of nitrogens with two attached hydrogens (primary N) is 1. The minimum Gasteiger partial charge on any atom is -0.506 e. The molecule has 0 saturated carbocycles. The highest BCUT2D eigenvalue weighted by molar-refractivity contribution is 6.30. The van der Waals surface area contributed by atoms with E-state index in [1.807, 2.05) is 0 Å². The third-order valence-corrected chi connectivity index (χ3v) is 2.64. The quantitative estimate of drug-likeness (QED) is 0.734. The lowest BCUT2D eigenvalue weighted by Gasteiger charge is -1.97. The average Bonchev–Trinajstić information content (AvgIpc) is 2.65. The van der Waals surface area contributed by atoms with Crippen molar-refractivity contribution in [2.75, 3.05) is 5.73 Å². The van der Waals surface area contributed by atoms with Gasteiger partial charge in [-0.1, -0.05) is 11.6 Å². The van der Waals surface area contributed by atoms with Gasteiger partial charge in [-0.25, -0.2) is 0 Å². The molecular formula is C11H10ClN5O3. The zero-order chi connectivity index (χ0) is 14.9. The Hall–Kier alpha value is -2.61.